The Hall–Kier alpha value is -14.8. The number of benzene rings is 4. The van der Waals surface area contributed by atoms with Crippen LogP contribution in [-0.4, -0.2) is 234 Å². The smallest absolute Gasteiger partial charge is 0.475 e. The summed E-state index contributed by atoms with van der Waals surface area (Å²) >= 11 is 0. The maximum atomic E-state index is 13.2. The van der Waals surface area contributed by atoms with Crippen LogP contribution in [0.15, 0.2) is 177 Å². The number of fused-ring (bicyclic) bond motifs is 5. The second-order valence-corrected chi connectivity index (χ2v) is 32.8. The van der Waals surface area contributed by atoms with Crippen molar-refractivity contribution in [2.45, 2.75) is 156 Å². The summed E-state index contributed by atoms with van der Waals surface area (Å²) in [5, 5.41) is 14.2. The average molecular weight is 1920 g/mol. The Morgan fingerprint density at radius 3 is 1.23 bits per heavy atom. The maximum absolute atomic E-state index is 13.2. The number of H-pyrrole nitrogens is 2. The van der Waals surface area contributed by atoms with E-state index in [9.17, 15) is 55.1 Å². The van der Waals surface area contributed by atoms with Gasteiger partial charge in [-0.1, -0.05) is 127 Å². The van der Waals surface area contributed by atoms with Crippen LogP contribution in [0.3, 0.4) is 0 Å². The number of methoxy groups -OCH3 is 2. The number of aryl methyl sites for hydroxylation is 2. The number of piperidine rings is 3. The first-order valence-corrected chi connectivity index (χ1v) is 44.1. The number of aromatic amines is 2. The number of aliphatic carboxylic acids is 2. The van der Waals surface area contributed by atoms with Crippen LogP contribution in [0.2, 0.25) is 0 Å². The lowest BCUT2D eigenvalue weighted by molar-refractivity contribution is -0.193. The molecule has 14 aromatic rings. The first-order valence-electron chi connectivity index (χ1n) is 44.1. The van der Waals surface area contributed by atoms with Crippen LogP contribution in [0.1, 0.15) is 115 Å². The lowest BCUT2D eigenvalue weighted by atomic mass is 10.1. The predicted octanol–water partition coefficient (Wildman–Crippen LogP) is 11.2. The van der Waals surface area contributed by atoms with Crippen LogP contribution in [-0.2, 0) is 71.9 Å². The van der Waals surface area contributed by atoms with Crippen molar-refractivity contribution in [1.82, 2.24) is 101 Å². The van der Waals surface area contributed by atoms with Gasteiger partial charge in [-0.25, -0.2) is 39.3 Å². The van der Waals surface area contributed by atoms with Gasteiger partial charge in [0, 0.05) is 92.7 Å². The standard InChI is InChI=1S/C21H26N6O3.C19H23N5O.C18H25N5O3.C18H21N5O.C12H10N4O.2C2HF3O2.ClH/c1-21(2,3)30-20(29)26-11-9-25(10-12-26)19-24-17-16(18(28)23-14-22-17)27(19)13-15-7-5-4-6-8-15;1-2-22-14-20-17-16(18(22)25)24(13-15-9-5-3-6-10-15)19(21-17)23-11-7-4-8-12-23;1-4-5-11-22-14-15(19-17(22)21-9-7-6-8-10-21)20-18(26-3)23(16(14)24)12-13-25-2;1-21-13-19-16-15(17(21)24)23(12-14-8-4-2-5-9-14)18(20-16)22-10-6-3-7-11-22;17-12-10-11(13-7-14-12)15-8-16(10)6-9-4-2-1-3-5-9;2*3-2(4,5)1(6)7;/h4-8,14H,9-13H2,1-3H3,(H,22,23,28);3,5-6,9-10,14H,2,4,7-8,11-13H2,1H3;6-13H2,1-3H3;2,4-5,8-9,13H,3,6-7,10-12H2,1H3;1-5,7-8H,6H2,(H,13,14,17);2*(H,6,7);1H. The van der Waals surface area contributed by atoms with Crippen molar-refractivity contribution in [1.29, 1.82) is 0 Å². The Morgan fingerprint density at radius 2 is 0.810 bits per heavy atom. The molecule has 0 atom stereocenters. The molecule has 0 spiro atoms. The SMILES string of the molecule is CC#CCn1c(N2CCCCC2)nc2nc(OC)n(CCOC)c(=O)c21.CC(C)(C)OC(=O)N1CCN(c2nc3nc[nH]c(=O)c3n2Cc2ccccc2)CC1.CCn1cnc2nc(N3CCCCC3)n(Cc3ccccc3)c2c1=O.Cl.Cn1cnc2nc(N3CCCCC3)n(Cc3ccccc3)c2c1=O.O=C(O)C(F)(F)F.O=C(O)C(F)(F)F.O=c1[nH]cnc2ncn(Cc3ccccc3)c12. The molecule has 4 saturated heterocycles. The third-order valence-electron chi connectivity index (χ3n) is 22.1. The Morgan fingerprint density at radius 1 is 0.438 bits per heavy atom. The van der Waals surface area contributed by atoms with Crippen molar-refractivity contribution in [2.24, 2.45) is 7.05 Å². The molecule has 0 saturated carbocycles. The average Bonchev–Trinajstić information content (AvgIpc) is 1.63. The number of carbonyl (C=O) groups excluding carboxylic acids is 1. The van der Waals surface area contributed by atoms with Gasteiger partial charge < -0.3 is 68.0 Å². The van der Waals surface area contributed by atoms with E-state index in [1.807, 2.05) is 138 Å². The third-order valence-corrected chi connectivity index (χ3v) is 22.1. The number of aromatic nitrogens is 20. The summed E-state index contributed by atoms with van der Waals surface area (Å²) in [6, 6.07) is 40.5. The molecule has 4 N–H and O–H groups in total. The molecule has 728 valence electrons. The first kappa shape index (κ1) is 103. The van der Waals surface area contributed by atoms with Crippen molar-refractivity contribution >= 4 is 110 Å². The second-order valence-electron chi connectivity index (χ2n) is 32.8. The monoisotopic (exact) mass is 1920 g/mol. The molecule has 4 aromatic carbocycles. The van der Waals surface area contributed by atoms with Crippen molar-refractivity contribution in [3.8, 4) is 17.9 Å². The molecule has 0 bridgehead atoms. The normalized spacial score (nSPS) is 13.9. The van der Waals surface area contributed by atoms with E-state index in [2.05, 4.69) is 110 Å². The molecule has 0 aliphatic carbocycles. The van der Waals surface area contributed by atoms with Crippen LogP contribution >= 0.6 is 12.4 Å². The van der Waals surface area contributed by atoms with Gasteiger partial charge in [-0.05, 0) is 115 Å². The third kappa shape index (κ3) is 26.5. The van der Waals surface area contributed by atoms with Crippen LogP contribution in [0.5, 0.6) is 6.01 Å². The number of carboxylic acids is 2. The molecule has 38 nitrogen and oxygen atoms in total. The Labute approximate surface area is 786 Å². The zero-order valence-electron chi connectivity index (χ0n) is 76.9. The number of amides is 1. The highest BCUT2D eigenvalue weighted by Gasteiger charge is 2.39. The Bertz CT molecular complexity index is 6750. The second kappa shape index (κ2) is 47.4. The van der Waals surface area contributed by atoms with E-state index in [-0.39, 0.29) is 52.3 Å². The predicted molar refractivity (Wildman–Crippen MR) is 505 cm³/mol. The molecule has 18 rings (SSSR count). The van der Waals surface area contributed by atoms with Crippen molar-refractivity contribution in [3.05, 3.63) is 227 Å². The number of alkyl halides is 6. The molecule has 45 heteroatoms. The zero-order valence-corrected chi connectivity index (χ0v) is 77.7. The first-order chi connectivity index (χ1) is 65.3. The van der Waals surface area contributed by atoms with Gasteiger partial charge in [0.2, 0.25) is 23.8 Å². The quantitative estimate of drug-likeness (QED) is 0.0458. The molecule has 137 heavy (non-hydrogen) atoms. The van der Waals surface area contributed by atoms with Gasteiger partial charge >= 0.3 is 36.4 Å². The molecule has 4 fully saturated rings. The molecule has 1 amide bonds. The van der Waals surface area contributed by atoms with Crippen LogP contribution in [0.25, 0.3) is 55.8 Å². The van der Waals surface area contributed by atoms with E-state index in [4.69, 9.17) is 44.0 Å². The van der Waals surface area contributed by atoms with Crippen LogP contribution < -0.4 is 52.1 Å². The van der Waals surface area contributed by atoms with E-state index >= 15 is 0 Å². The number of nitrogens with zero attached hydrogens (tertiary/aromatic N) is 23. The number of ether oxygens (including phenoxy) is 3. The summed E-state index contributed by atoms with van der Waals surface area (Å²) in [4.78, 5) is 153. The van der Waals surface area contributed by atoms with Gasteiger partial charge in [0.25, 0.3) is 27.8 Å². The number of rotatable bonds is 18. The van der Waals surface area contributed by atoms with Crippen LogP contribution in [0.4, 0.5) is 54.9 Å². The topological polar surface area (TPSA) is 421 Å². The number of carbonyl (C=O) groups is 3. The largest absolute Gasteiger partial charge is 0.490 e. The number of anilines is 4. The Kier molecular flexibility index (Phi) is 35.6. The number of hydrogen-bond donors (Lipinski definition) is 4. The van der Waals surface area contributed by atoms with Gasteiger partial charge in [-0.3, -0.25) is 51.4 Å². The minimum atomic E-state index is -5.08. The van der Waals surface area contributed by atoms with Gasteiger partial charge in [-0.2, -0.15) is 51.3 Å². The summed E-state index contributed by atoms with van der Waals surface area (Å²) < 4.78 is 93.7. The highest BCUT2D eigenvalue weighted by molar-refractivity contribution is 5.85. The van der Waals surface area contributed by atoms with Crippen molar-refractivity contribution in [3.63, 3.8) is 0 Å². The highest BCUT2D eigenvalue weighted by atomic mass is 35.5. The minimum Gasteiger partial charge on any atom is -0.475 e. The maximum Gasteiger partial charge on any atom is 0.490 e. The summed E-state index contributed by atoms with van der Waals surface area (Å²) in [5.41, 5.74) is 8.34. The summed E-state index contributed by atoms with van der Waals surface area (Å²) in [6.07, 6.45) is 7.71. The Balaban J connectivity index is 0.000000159. The summed E-state index contributed by atoms with van der Waals surface area (Å²) in [6.45, 7) is 21.5. The lowest BCUT2D eigenvalue weighted by Crippen LogP contribution is -2.50. The molecular formula is C92H108ClF6N25O13. The molecular weight excluding hydrogens is 1810 g/mol. The van der Waals surface area contributed by atoms with Gasteiger partial charge in [0.15, 0.2) is 55.8 Å². The summed E-state index contributed by atoms with van der Waals surface area (Å²) in [7, 11) is 4.83. The number of piperazine rings is 1. The molecule has 0 unspecified atom stereocenters. The van der Waals surface area contributed by atoms with E-state index < -0.39 is 29.9 Å². The van der Waals surface area contributed by atoms with Crippen molar-refractivity contribution < 1.29 is 65.1 Å². The van der Waals surface area contributed by atoms with E-state index in [0.717, 1.165) is 92.2 Å². The molecule has 4 aliphatic rings. The molecule has 10 aromatic heterocycles. The van der Waals surface area contributed by atoms with Crippen molar-refractivity contribution in [2.75, 3.05) is 106 Å². The number of imidazole rings is 5. The molecule has 4 aliphatic heterocycles. The fourth-order valence-electron chi connectivity index (χ4n) is 15.5. The van der Waals surface area contributed by atoms with E-state index in [0.29, 0.717) is 140 Å². The lowest BCUT2D eigenvalue weighted by Gasteiger charge is -2.36. The highest BCUT2D eigenvalue weighted by Crippen LogP contribution is 2.30. The molecule has 14 heterocycles. The van der Waals surface area contributed by atoms with E-state index in [1.54, 1.807) is 54.1 Å². The fourth-order valence-corrected chi connectivity index (χ4v) is 15.5. The van der Waals surface area contributed by atoms with Crippen LogP contribution in [0, 0.1) is 11.8 Å². The fraction of sp³-hybridized carbons (Fsp3) is 0.413. The zero-order chi connectivity index (χ0) is 97.4. The van der Waals surface area contributed by atoms with Gasteiger partial charge in [0.1, 0.15) is 11.9 Å². The number of nitrogens with one attached hydrogen (secondary N) is 2. The van der Waals surface area contributed by atoms with Gasteiger partial charge in [-0.15, -0.1) is 18.3 Å². The number of halogens is 7. The number of hydrogen-bond acceptors (Lipinski definition) is 25. The summed E-state index contributed by atoms with van der Waals surface area (Å²) in [5.74, 6) is 3.62. The van der Waals surface area contributed by atoms with E-state index in [1.165, 1.54) is 73.8 Å². The minimum absolute atomic E-state index is 0. The molecule has 0 radical (unpaired) electrons. The van der Waals surface area contributed by atoms with Gasteiger partial charge in [0.05, 0.1) is 71.7 Å². The number of carboxylic acid groups (broad SMARTS) is 2.